The smallest absolute Gasteiger partial charge is 0.267 e. The van der Waals surface area contributed by atoms with Crippen molar-refractivity contribution in [1.82, 2.24) is 14.3 Å². The van der Waals surface area contributed by atoms with Crippen LogP contribution in [0.1, 0.15) is 31.7 Å². The SMILES string of the molecule is CCOCCCN1C(=O)/C(=C/c2c(N3CCCC3)nc3ccccn3c2=O)SC1=S. The van der Waals surface area contributed by atoms with Gasteiger partial charge in [-0.2, -0.15) is 0 Å². The number of aromatic nitrogens is 2. The first-order valence-electron chi connectivity index (χ1n) is 10.2. The first-order chi connectivity index (χ1) is 14.6. The molecule has 0 N–H and O–H groups in total. The van der Waals surface area contributed by atoms with E-state index in [1.807, 2.05) is 19.1 Å². The fourth-order valence-corrected chi connectivity index (χ4v) is 4.97. The van der Waals surface area contributed by atoms with Crippen molar-refractivity contribution in [2.75, 3.05) is 37.7 Å². The van der Waals surface area contributed by atoms with Gasteiger partial charge in [0.25, 0.3) is 11.5 Å². The minimum atomic E-state index is -0.177. The number of fused-ring (bicyclic) bond motifs is 1. The van der Waals surface area contributed by atoms with Crippen molar-refractivity contribution in [1.29, 1.82) is 0 Å². The maximum absolute atomic E-state index is 13.3. The summed E-state index contributed by atoms with van der Waals surface area (Å²) in [5, 5.41) is 0. The molecule has 2 fully saturated rings. The lowest BCUT2D eigenvalue weighted by Crippen LogP contribution is -2.30. The third-order valence-corrected chi connectivity index (χ3v) is 6.56. The summed E-state index contributed by atoms with van der Waals surface area (Å²) in [7, 11) is 0. The van der Waals surface area contributed by atoms with Gasteiger partial charge >= 0.3 is 0 Å². The van der Waals surface area contributed by atoms with Crippen LogP contribution in [-0.2, 0) is 9.53 Å². The van der Waals surface area contributed by atoms with Crippen LogP contribution in [0.25, 0.3) is 11.7 Å². The molecule has 0 aliphatic carbocycles. The molecule has 4 rings (SSSR count). The molecule has 30 heavy (non-hydrogen) atoms. The van der Waals surface area contributed by atoms with Gasteiger partial charge < -0.3 is 9.64 Å². The summed E-state index contributed by atoms with van der Waals surface area (Å²) in [6.45, 7) is 5.40. The molecule has 2 aliphatic heterocycles. The normalized spacial score (nSPS) is 18.4. The highest BCUT2D eigenvalue weighted by atomic mass is 32.2. The van der Waals surface area contributed by atoms with Gasteiger partial charge in [-0.1, -0.05) is 30.0 Å². The topological polar surface area (TPSA) is 67.2 Å². The Morgan fingerprint density at radius 3 is 2.83 bits per heavy atom. The van der Waals surface area contributed by atoms with E-state index in [1.54, 1.807) is 23.2 Å². The number of pyridine rings is 1. The summed E-state index contributed by atoms with van der Waals surface area (Å²) in [5.41, 5.74) is 0.865. The fraction of sp³-hybridized carbons (Fsp3) is 0.429. The summed E-state index contributed by atoms with van der Waals surface area (Å²) in [6, 6.07) is 5.48. The van der Waals surface area contributed by atoms with Gasteiger partial charge in [0.2, 0.25) is 0 Å². The second kappa shape index (κ2) is 9.28. The summed E-state index contributed by atoms with van der Waals surface area (Å²) in [6.07, 6.45) is 6.22. The Bertz CT molecular complexity index is 1060. The molecule has 0 bridgehead atoms. The van der Waals surface area contributed by atoms with E-state index in [2.05, 4.69) is 4.90 Å². The Hall–Kier alpha value is -2.23. The summed E-state index contributed by atoms with van der Waals surface area (Å²) < 4.78 is 7.39. The number of anilines is 1. The molecule has 0 atom stereocenters. The van der Waals surface area contributed by atoms with E-state index < -0.39 is 0 Å². The van der Waals surface area contributed by atoms with Crippen molar-refractivity contribution in [3.05, 3.63) is 45.2 Å². The highest BCUT2D eigenvalue weighted by molar-refractivity contribution is 8.26. The van der Waals surface area contributed by atoms with Crippen LogP contribution >= 0.6 is 24.0 Å². The molecule has 2 saturated heterocycles. The van der Waals surface area contributed by atoms with Crippen LogP contribution in [0.5, 0.6) is 0 Å². The number of ether oxygens (including phenoxy) is 1. The Morgan fingerprint density at radius 1 is 1.27 bits per heavy atom. The lowest BCUT2D eigenvalue weighted by atomic mass is 10.2. The second-order valence-corrected chi connectivity index (χ2v) is 8.84. The van der Waals surface area contributed by atoms with E-state index in [0.717, 1.165) is 25.9 Å². The molecule has 4 heterocycles. The zero-order chi connectivity index (χ0) is 21.1. The van der Waals surface area contributed by atoms with Crippen LogP contribution in [0, 0.1) is 0 Å². The number of nitrogens with zero attached hydrogens (tertiary/aromatic N) is 4. The van der Waals surface area contributed by atoms with Gasteiger partial charge in [0.1, 0.15) is 15.8 Å². The zero-order valence-electron chi connectivity index (χ0n) is 16.9. The van der Waals surface area contributed by atoms with Gasteiger partial charge in [0.05, 0.1) is 10.5 Å². The monoisotopic (exact) mass is 444 g/mol. The molecule has 1 amide bonds. The molecule has 2 aromatic rings. The van der Waals surface area contributed by atoms with Crippen molar-refractivity contribution in [3.63, 3.8) is 0 Å². The minimum absolute atomic E-state index is 0.161. The van der Waals surface area contributed by atoms with Crippen molar-refractivity contribution >= 4 is 51.7 Å². The fourth-order valence-electron chi connectivity index (χ4n) is 3.68. The molecule has 0 unspecified atom stereocenters. The Balaban J connectivity index is 1.70. The van der Waals surface area contributed by atoms with Gasteiger partial charge in [-0.15, -0.1) is 0 Å². The van der Waals surface area contributed by atoms with E-state index in [1.165, 1.54) is 16.2 Å². The van der Waals surface area contributed by atoms with E-state index in [-0.39, 0.29) is 11.5 Å². The van der Waals surface area contributed by atoms with E-state index in [4.69, 9.17) is 21.9 Å². The van der Waals surface area contributed by atoms with Gasteiger partial charge in [0.15, 0.2) is 0 Å². The van der Waals surface area contributed by atoms with Crippen LogP contribution in [-0.4, -0.2) is 57.4 Å². The van der Waals surface area contributed by atoms with Crippen LogP contribution in [0.2, 0.25) is 0 Å². The number of carbonyl (C=O) groups is 1. The van der Waals surface area contributed by atoms with E-state index in [9.17, 15) is 9.59 Å². The van der Waals surface area contributed by atoms with Crippen LogP contribution in [0.15, 0.2) is 34.1 Å². The molecule has 7 nitrogen and oxygen atoms in total. The maximum Gasteiger partial charge on any atom is 0.267 e. The highest BCUT2D eigenvalue weighted by Gasteiger charge is 2.32. The quantitative estimate of drug-likeness (QED) is 0.370. The first-order valence-corrected chi connectivity index (χ1v) is 11.4. The number of thioether (sulfide) groups is 1. The average Bonchev–Trinajstić information content (AvgIpc) is 3.37. The molecule has 2 aromatic heterocycles. The van der Waals surface area contributed by atoms with Crippen LogP contribution in [0.4, 0.5) is 5.82 Å². The standard InChI is InChI=1S/C21H24N4O3S2/c1-2-28-13-7-12-25-20(27)16(30-21(25)29)14-15-18(23-9-5-6-10-23)22-17-8-3-4-11-24(17)19(15)26/h3-4,8,11,14H,2,5-7,9-10,12-13H2,1H3/b16-14-. The lowest BCUT2D eigenvalue weighted by molar-refractivity contribution is -0.122. The third-order valence-electron chi connectivity index (χ3n) is 5.18. The number of amides is 1. The number of thiocarbonyl (C=S) groups is 1. The molecule has 0 radical (unpaired) electrons. The number of hydrogen-bond donors (Lipinski definition) is 0. The molecule has 2 aliphatic rings. The third kappa shape index (κ3) is 4.14. The van der Waals surface area contributed by atoms with Crippen molar-refractivity contribution < 1.29 is 9.53 Å². The predicted molar refractivity (Wildman–Crippen MR) is 124 cm³/mol. The second-order valence-electron chi connectivity index (χ2n) is 7.16. The number of rotatable bonds is 7. The van der Waals surface area contributed by atoms with Crippen molar-refractivity contribution in [2.24, 2.45) is 0 Å². The Labute approximate surface area is 184 Å². The van der Waals surface area contributed by atoms with Crippen LogP contribution < -0.4 is 10.5 Å². The van der Waals surface area contributed by atoms with Crippen molar-refractivity contribution in [3.8, 4) is 0 Å². The molecular formula is C21H24N4O3S2. The summed E-state index contributed by atoms with van der Waals surface area (Å²) in [4.78, 5) is 35.2. The van der Waals surface area contributed by atoms with Crippen molar-refractivity contribution in [2.45, 2.75) is 26.2 Å². The zero-order valence-corrected chi connectivity index (χ0v) is 18.5. The molecular weight excluding hydrogens is 420 g/mol. The molecule has 0 spiro atoms. The van der Waals surface area contributed by atoms with Gasteiger partial charge in [-0.25, -0.2) is 4.98 Å². The summed E-state index contributed by atoms with van der Waals surface area (Å²) >= 11 is 6.66. The maximum atomic E-state index is 13.3. The largest absolute Gasteiger partial charge is 0.382 e. The average molecular weight is 445 g/mol. The number of hydrogen-bond acceptors (Lipinski definition) is 7. The molecule has 0 saturated carbocycles. The first kappa shape index (κ1) is 21.0. The van der Waals surface area contributed by atoms with Gasteiger partial charge in [0, 0.05) is 39.0 Å². The molecule has 158 valence electrons. The summed E-state index contributed by atoms with van der Waals surface area (Å²) in [5.74, 6) is 0.483. The van der Waals surface area contributed by atoms with Crippen LogP contribution in [0.3, 0.4) is 0 Å². The van der Waals surface area contributed by atoms with E-state index >= 15 is 0 Å². The lowest BCUT2D eigenvalue weighted by Gasteiger charge is -2.19. The van der Waals surface area contributed by atoms with Gasteiger partial charge in [-0.05, 0) is 44.4 Å². The minimum Gasteiger partial charge on any atom is -0.382 e. The highest BCUT2D eigenvalue weighted by Crippen LogP contribution is 2.34. The molecule has 0 aromatic carbocycles. The Kier molecular flexibility index (Phi) is 6.50. The molecule has 9 heteroatoms. The Morgan fingerprint density at radius 2 is 2.07 bits per heavy atom. The number of carbonyl (C=O) groups excluding carboxylic acids is 1. The van der Waals surface area contributed by atoms with Gasteiger partial charge in [-0.3, -0.25) is 18.9 Å². The van der Waals surface area contributed by atoms with E-state index in [0.29, 0.717) is 52.4 Å². The predicted octanol–water partition coefficient (Wildman–Crippen LogP) is 2.92.